The first-order valence-corrected chi connectivity index (χ1v) is 9.29. The summed E-state index contributed by atoms with van der Waals surface area (Å²) >= 11 is 0. The number of fused-ring (bicyclic) bond motifs is 2. The number of nitrogens with zero attached hydrogens (tertiary/aromatic N) is 1. The topological polar surface area (TPSA) is 125 Å². The minimum Gasteiger partial charge on any atom is -0.486 e. The summed E-state index contributed by atoms with van der Waals surface area (Å²) in [4.78, 5) is 22.5. The van der Waals surface area contributed by atoms with Crippen molar-refractivity contribution in [1.29, 1.82) is 0 Å². The zero-order valence-electron chi connectivity index (χ0n) is 15.5. The van der Waals surface area contributed by atoms with E-state index in [1.165, 1.54) is 0 Å². The van der Waals surface area contributed by atoms with Crippen molar-refractivity contribution in [2.75, 3.05) is 0 Å². The summed E-state index contributed by atoms with van der Waals surface area (Å²) in [5.41, 5.74) is 6.44. The number of amides is 1. The Balaban J connectivity index is 1.52. The van der Waals surface area contributed by atoms with Gasteiger partial charge in [0.1, 0.15) is 18.0 Å². The number of primary amides is 1. The molecule has 8 heteroatoms. The monoisotopic (exact) mass is 386 g/mol. The van der Waals surface area contributed by atoms with Crippen LogP contribution in [0.15, 0.2) is 28.8 Å². The molecular formula is C20H22N2O6. The van der Waals surface area contributed by atoms with Crippen molar-refractivity contribution in [3.8, 4) is 17.1 Å². The Kier molecular flexibility index (Phi) is 4.49. The summed E-state index contributed by atoms with van der Waals surface area (Å²) in [5.74, 6) is 0.129. The van der Waals surface area contributed by atoms with Gasteiger partial charge in [-0.1, -0.05) is 5.16 Å². The molecule has 3 N–H and O–H groups in total. The van der Waals surface area contributed by atoms with Gasteiger partial charge in [-0.3, -0.25) is 4.79 Å². The third-order valence-electron chi connectivity index (χ3n) is 5.87. The van der Waals surface area contributed by atoms with Crippen LogP contribution in [0, 0.1) is 18.8 Å². The normalized spacial score (nSPS) is 25.6. The summed E-state index contributed by atoms with van der Waals surface area (Å²) in [6.45, 7) is 1.73. The fourth-order valence-corrected chi connectivity index (χ4v) is 4.57. The number of carboxylic acid groups (broad SMARTS) is 1. The molecule has 3 aliphatic carbocycles. The van der Waals surface area contributed by atoms with Crippen LogP contribution in [0.3, 0.4) is 0 Å². The number of hydrogen-bond donors (Lipinski definition) is 2. The summed E-state index contributed by atoms with van der Waals surface area (Å²) in [7, 11) is 0. The molecule has 0 spiro atoms. The molecule has 28 heavy (non-hydrogen) atoms. The lowest BCUT2D eigenvalue weighted by molar-refractivity contribution is -0.187. The first-order chi connectivity index (χ1) is 13.4. The number of benzene rings is 1. The van der Waals surface area contributed by atoms with Gasteiger partial charge in [0.2, 0.25) is 0 Å². The number of carbonyl (C=O) groups excluding carboxylic acids is 1. The van der Waals surface area contributed by atoms with Gasteiger partial charge in [-0.05, 0) is 62.8 Å². The minimum absolute atomic E-state index is 0.0248. The van der Waals surface area contributed by atoms with Gasteiger partial charge in [-0.25, -0.2) is 4.79 Å². The zero-order valence-corrected chi connectivity index (χ0v) is 15.5. The Morgan fingerprint density at radius 1 is 1.36 bits per heavy atom. The molecule has 1 aromatic heterocycles. The van der Waals surface area contributed by atoms with Gasteiger partial charge in [0, 0.05) is 5.56 Å². The second-order valence-electron chi connectivity index (χ2n) is 7.55. The van der Waals surface area contributed by atoms with Crippen LogP contribution in [0.1, 0.15) is 36.9 Å². The van der Waals surface area contributed by atoms with Gasteiger partial charge in [-0.2, -0.15) is 0 Å². The van der Waals surface area contributed by atoms with Crippen LogP contribution in [0.25, 0.3) is 11.3 Å². The average molecular weight is 386 g/mol. The Bertz CT molecular complexity index is 902. The van der Waals surface area contributed by atoms with E-state index in [-0.39, 0.29) is 12.5 Å². The third kappa shape index (κ3) is 3.08. The number of carboxylic acids is 1. The van der Waals surface area contributed by atoms with Crippen LogP contribution in [0.4, 0.5) is 4.79 Å². The molecule has 0 radical (unpaired) electrons. The number of aryl methyl sites for hydroxylation is 1. The molecule has 0 aliphatic heterocycles. The van der Waals surface area contributed by atoms with Crippen molar-refractivity contribution < 1.29 is 28.7 Å². The second kappa shape index (κ2) is 6.85. The van der Waals surface area contributed by atoms with E-state index in [9.17, 15) is 14.7 Å². The van der Waals surface area contributed by atoms with Gasteiger partial charge in [-0.15, -0.1) is 0 Å². The molecule has 1 aromatic carbocycles. The van der Waals surface area contributed by atoms with Crippen molar-refractivity contribution >= 4 is 12.1 Å². The van der Waals surface area contributed by atoms with Gasteiger partial charge in [0.05, 0.1) is 17.2 Å². The Morgan fingerprint density at radius 2 is 2.11 bits per heavy atom. The molecule has 148 valence electrons. The molecule has 2 aromatic rings. The standard InChI is InChI=1S/C20H22N2O6/c1-11-15(10-26-19(21)25)17(28-22-11)12-4-6-14(7-5-12)27-20-8-2-3-13(9-20)16(20)18(23)24/h4-7,13,16H,2-3,8-10H2,1H3,(H2,21,25)(H,23,24). The van der Waals surface area contributed by atoms with E-state index in [0.29, 0.717) is 22.8 Å². The van der Waals surface area contributed by atoms with Crippen LogP contribution >= 0.6 is 0 Å². The van der Waals surface area contributed by atoms with Crippen LogP contribution in [-0.4, -0.2) is 27.9 Å². The zero-order chi connectivity index (χ0) is 19.9. The van der Waals surface area contributed by atoms with Gasteiger partial charge < -0.3 is 24.8 Å². The van der Waals surface area contributed by atoms with Crippen molar-refractivity contribution in [1.82, 2.24) is 5.16 Å². The van der Waals surface area contributed by atoms with Crippen molar-refractivity contribution in [3.63, 3.8) is 0 Å². The molecule has 8 nitrogen and oxygen atoms in total. The largest absolute Gasteiger partial charge is 0.486 e. The third-order valence-corrected chi connectivity index (χ3v) is 5.87. The highest BCUT2D eigenvalue weighted by Gasteiger charge is 2.61. The Morgan fingerprint density at radius 3 is 2.75 bits per heavy atom. The summed E-state index contributed by atoms with van der Waals surface area (Å²) in [6, 6.07) is 7.21. The fraction of sp³-hybridized carbons (Fsp3) is 0.450. The summed E-state index contributed by atoms with van der Waals surface area (Å²) in [5, 5.41) is 13.5. The van der Waals surface area contributed by atoms with Crippen LogP contribution in [0.5, 0.6) is 5.75 Å². The van der Waals surface area contributed by atoms with Crippen LogP contribution in [0.2, 0.25) is 0 Å². The smallest absolute Gasteiger partial charge is 0.404 e. The molecule has 1 heterocycles. The number of ether oxygens (including phenoxy) is 2. The second-order valence-corrected chi connectivity index (χ2v) is 7.55. The van der Waals surface area contributed by atoms with E-state index in [1.807, 2.05) is 12.1 Å². The fourth-order valence-electron chi connectivity index (χ4n) is 4.57. The molecule has 3 atom stereocenters. The first-order valence-electron chi connectivity index (χ1n) is 9.29. The van der Waals surface area contributed by atoms with Gasteiger partial charge in [0.15, 0.2) is 5.76 Å². The number of aliphatic carboxylic acids is 1. The summed E-state index contributed by atoms with van der Waals surface area (Å²) < 4.78 is 16.4. The van der Waals surface area contributed by atoms with Crippen molar-refractivity contribution in [3.05, 3.63) is 35.5 Å². The highest BCUT2D eigenvalue weighted by Crippen LogP contribution is 2.56. The maximum atomic E-state index is 11.6. The van der Waals surface area contributed by atoms with E-state index in [1.54, 1.807) is 19.1 Å². The van der Waals surface area contributed by atoms with Gasteiger partial charge >= 0.3 is 12.1 Å². The maximum Gasteiger partial charge on any atom is 0.404 e. The number of hydrogen-bond acceptors (Lipinski definition) is 6. The summed E-state index contributed by atoms with van der Waals surface area (Å²) in [6.07, 6.45) is 2.64. The molecule has 1 amide bonds. The number of nitrogens with two attached hydrogens (primary N) is 1. The highest BCUT2D eigenvalue weighted by atomic mass is 16.5. The van der Waals surface area contributed by atoms with Gasteiger partial charge in [0.25, 0.3) is 0 Å². The minimum atomic E-state index is -0.867. The quantitative estimate of drug-likeness (QED) is 0.780. The molecule has 3 unspecified atom stereocenters. The first kappa shape index (κ1) is 18.3. The number of rotatable bonds is 6. The molecule has 3 saturated carbocycles. The van der Waals surface area contributed by atoms with E-state index in [0.717, 1.165) is 31.2 Å². The SMILES string of the molecule is Cc1noc(-c2ccc(OC34CCCC(C3)C4C(=O)O)cc2)c1COC(N)=O. The van der Waals surface area contributed by atoms with Crippen molar-refractivity contribution in [2.24, 2.45) is 17.6 Å². The molecular weight excluding hydrogens is 364 g/mol. The maximum absolute atomic E-state index is 11.6. The number of carbonyl (C=O) groups is 2. The van der Waals surface area contributed by atoms with E-state index < -0.39 is 23.6 Å². The lowest BCUT2D eigenvalue weighted by atomic mass is 9.53. The highest BCUT2D eigenvalue weighted by molar-refractivity contribution is 5.74. The Hall–Kier alpha value is -3.03. The average Bonchev–Trinajstić information content (AvgIpc) is 3.01. The van der Waals surface area contributed by atoms with Crippen molar-refractivity contribution in [2.45, 2.75) is 44.8 Å². The predicted octanol–water partition coefficient (Wildman–Crippen LogP) is 3.27. The number of aromatic nitrogens is 1. The van der Waals surface area contributed by atoms with E-state index in [2.05, 4.69) is 5.16 Å². The van der Waals surface area contributed by atoms with Crippen LogP contribution < -0.4 is 10.5 Å². The van der Waals surface area contributed by atoms with E-state index in [4.69, 9.17) is 19.7 Å². The lowest BCUT2D eigenvalue weighted by Crippen LogP contribution is -2.63. The molecule has 5 rings (SSSR count). The molecule has 0 saturated heterocycles. The molecule has 2 bridgehead atoms. The van der Waals surface area contributed by atoms with E-state index >= 15 is 0 Å². The molecule has 3 aliphatic rings. The van der Waals surface area contributed by atoms with Crippen LogP contribution in [-0.2, 0) is 16.1 Å². The Labute approximate surface area is 161 Å². The molecule has 3 fully saturated rings. The lowest BCUT2D eigenvalue weighted by Gasteiger charge is -2.56. The predicted molar refractivity (Wildman–Crippen MR) is 97.5 cm³/mol.